The highest BCUT2D eigenvalue weighted by Gasteiger charge is 2.52. The third kappa shape index (κ3) is 5.93. The van der Waals surface area contributed by atoms with Crippen molar-refractivity contribution >= 4 is 11.1 Å². The van der Waals surface area contributed by atoms with Crippen LogP contribution < -0.4 is 0 Å². The molecule has 0 fully saturated rings. The van der Waals surface area contributed by atoms with Crippen LogP contribution in [0.4, 0.5) is 0 Å². The minimum absolute atomic E-state index is 0.0244. The van der Waals surface area contributed by atoms with Crippen LogP contribution in [0, 0.1) is 0 Å². The van der Waals surface area contributed by atoms with Gasteiger partial charge in [-0.25, -0.2) is 0 Å². The van der Waals surface area contributed by atoms with Crippen LogP contribution in [0.25, 0.3) is 33.4 Å². The Kier molecular flexibility index (Phi) is 8.53. The fraction of sp³-hybridized carbons (Fsp3) is 0.298. The van der Waals surface area contributed by atoms with E-state index >= 15 is 0 Å². The van der Waals surface area contributed by atoms with Gasteiger partial charge in [-0.3, -0.25) is 0 Å². The first-order valence-electron chi connectivity index (χ1n) is 21.6. The smallest absolute Gasteiger partial charge is 0.0726 e. The van der Waals surface area contributed by atoms with Crippen LogP contribution in [0.2, 0.25) is 0 Å². The standard InChI is InChI=1S/C57H56/c1-55(2,3)45-27-31-49-50-32-28-46(56(4,5)6)36-54(50)57(53(49)35-45)51-33-43(41-21-17-39(18-22-41)37-13-9-7-10-14-37)25-29-47(51)48-30-26-44(34-52(48)57)42-23-19-40(20-24-42)38-15-11-8-12-16-38/h7-9,11,13,15,17,19,21,23,25-36H,10,12,14,16,18,20,22,24H2,1-6H3. The van der Waals surface area contributed by atoms with E-state index in [-0.39, 0.29) is 10.8 Å². The van der Waals surface area contributed by atoms with E-state index in [0.29, 0.717) is 0 Å². The molecular weight excluding hydrogens is 685 g/mol. The van der Waals surface area contributed by atoms with Gasteiger partial charge in [-0.1, -0.05) is 163 Å². The van der Waals surface area contributed by atoms with E-state index in [2.05, 4.69) is 175 Å². The fourth-order valence-electron chi connectivity index (χ4n) is 10.6. The summed E-state index contributed by atoms with van der Waals surface area (Å²) in [4.78, 5) is 0. The summed E-state index contributed by atoms with van der Waals surface area (Å²) in [5.41, 5.74) is 25.4. The molecule has 4 aromatic carbocycles. The molecule has 6 aliphatic carbocycles. The minimum Gasteiger partial charge on any atom is -0.0842 e. The number of allylic oxidation sites excluding steroid dienone is 16. The maximum absolute atomic E-state index is 2.61. The number of fused-ring (bicyclic) bond motifs is 10. The average molecular weight is 741 g/mol. The van der Waals surface area contributed by atoms with Gasteiger partial charge in [-0.15, -0.1) is 0 Å². The first-order valence-corrected chi connectivity index (χ1v) is 21.6. The second-order valence-corrected chi connectivity index (χ2v) is 19.4. The number of hydrogen-bond acceptors (Lipinski definition) is 0. The molecule has 0 saturated carbocycles. The molecular formula is C57H56. The Morgan fingerprint density at radius 1 is 0.368 bits per heavy atom. The molecule has 57 heavy (non-hydrogen) atoms. The summed E-state index contributed by atoms with van der Waals surface area (Å²) in [6.45, 7) is 14.2. The van der Waals surface area contributed by atoms with Crippen LogP contribution in [0.3, 0.4) is 0 Å². The van der Waals surface area contributed by atoms with Crippen LogP contribution in [0.5, 0.6) is 0 Å². The minimum atomic E-state index is -0.422. The molecule has 0 radical (unpaired) electrons. The van der Waals surface area contributed by atoms with Crippen molar-refractivity contribution in [1.29, 1.82) is 0 Å². The van der Waals surface area contributed by atoms with Crippen LogP contribution in [0.1, 0.15) is 137 Å². The zero-order valence-electron chi connectivity index (χ0n) is 34.9. The average Bonchev–Trinajstić information content (AvgIpc) is 3.69. The SMILES string of the molecule is CC(C)(C)c1ccc2c(c1)C1(c3cc(C4=CC=C(C5=CC=CCC5)CC4)ccc3-c3ccc(C4=CC=C(C5=CC=CCC5)CC4)cc31)c1cc(C(C)(C)C)ccc1-2. The predicted molar refractivity (Wildman–Crippen MR) is 244 cm³/mol. The van der Waals surface area contributed by atoms with Crippen LogP contribution in [-0.2, 0) is 16.2 Å². The van der Waals surface area contributed by atoms with Crippen LogP contribution in [0.15, 0.2) is 156 Å². The van der Waals surface area contributed by atoms with Gasteiger partial charge in [0.2, 0.25) is 0 Å². The summed E-state index contributed by atoms with van der Waals surface area (Å²) >= 11 is 0. The lowest BCUT2D eigenvalue weighted by Crippen LogP contribution is -2.27. The van der Waals surface area contributed by atoms with E-state index in [1.54, 1.807) is 0 Å². The van der Waals surface area contributed by atoms with E-state index in [1.165, 1.54) is 100 Å². The molecule has 1 spiro atoms. The Hall–Kier alpha value is -5.20. The zero-order chi connectivity index (χ0) is 39.1. The lowest BCUT2D eigenvalue weighted by Gasteiger charge is -2.33. The Morgan fingerprint density at radius 3 is 1.07 bits per heavy atom. The molecule has 10 rings (SSSR count). The van der Waals surface area contributed by atoms with Crippen molar-refractivity contribution < 1.29 is 0 Å². The molecule has 0 aromatic heterocycles. The second-order valence-electron chi connectivity index (χ2n) is 19.4. The molecule has 0 nitrogen and oxygen atoms in total. The zero-order valence-corrected chi connectivity index (χ0v) is 34.9. The summed E-state index contributed by atoms with van der Waals surface area (Å²) in [5, 5.41) is 0. The van der Waals surface area contributed by atoms with Crippen molar-refractivity contribution in [2.45, 2.75) is 109 Å². The molecule has 0 atom stereocenters. The number of hydrogen-bond donors (Lipinski definition) is 0. The van der Waals surface area contributed by atoms with Gasteiger partial charge < -0.3 is 0 Å². The van der Waals surface area contributed by atoms with Crippen molar-refractivity contribution in [3.05, 3.63) is 200 Å². The van der Waals surface area contributed by atoms with Gasteiger partial charge in [0, 0.05) is 0 Å². The van der Waals surface area contributed by atoms with E-state index in [0.717, 1.165) is 51.4 Å². The van der Waals surface area contributed by atoms with Gasteiger partial charge in [0.1, 0.15) is 0 Å². The topological polar surface area (TPSA) is 0 Å². The van der Waals surface area contributed by atoms with Crippen molar-refractivity contribution in [2.24, 2.45) is 0 Å². The van der Waals surface area contributed by atoms with Gasteiger partial charge in [-0.05, 0) is 175 Å². The highest BCUT2D eigenvalue weighted by Crippen LogP contribution is 2.64. The van der Waals surface area contributed by atoms with Crippen molar-refractivity contribution in [1.82, 2.24) is 0 Å². The van der Waals surface area contributed by atoms with Gasteiger partial charge >= 0.3 is 0 Å². The van der Waals surface area contributed by atoms with Crippen molar-refractivity contribution in [2.75, 3.05) is 0 Å². The van der Waals surface area contributed by atoms with Crippen LogP contribution in [-0.4, -0.2) is 0 Å². The highest BCUT2D eigenvalue weighted by atomic mass is 14.5. The predicted octanol–water partition coefficient (Wildman–Crippen LogP) is 15.4. The Balaban J connectivity index is 1.20. The third-order valence-electron chi connectivity index (χ3n) is 13.9. The Bertz CT molecular complexity index is 2430. The van der Waals surface area contributed by atoms with E-state index in [4.69, 9.17) is 0 Å². The molecule has 0 N–H and O–H groups in total. The molecule has 0 aliphatic heterocycles. The summed E-state index contributed by atoms with van der Waals surface area (Å²) < 4.78 is 0. The molecule has 4 aromatic rings. The Morgan fingerprint density at radius 2 is 0.719 bits per heavy atom. The summed E-state index contributed by atoms with van der Waals surface area (Å²) in [6.07, 6.45) is 32.4. The first-order chi connectivity index (χ1) is 27.5. The maximum Gasteiger partial charge on any atom is 0.0726 e. The summed E-state index contributed by atoms with van der Waals surface area (Å²) in [6, 6.07) is 29.8. The number of benzene rings is 4. The van der Waals surface area contributed by atoms with Gasteiger partial charge in [0.15, 0.2) is 0 Å². The van der Waals surface area contributed by atoms with E-state index < -0.39 is 5.41 Å². The second kappa shape index (κ2) is 13.4. The first kappa shape index (κ1) is 36.2. The largest absolute Gasteiger partial charge is 0.0842 e. The molecule has 284 valence electrons. The van der Waals surface area contributed by atoms with Gasteiger partial charge in [0.25, 0.3) is 0 Å². The maximum atomic E-state index is 2.61. The number of rotatable bonds is 4. The lowest BCUT2D eigenvalue weighted by molar-refractivity contribution is 0.586. The molecule has 0 saturated heterocycles. The van der Waals surface area contributed by atoms with Gasteiger partial charge in [-0.2, -0.15) is 0 Å². The lowest BCUT2D eigenvalue weighted by atomic mass is 9.68. The fourth-order valence-corrected chi connectivity index (χ4v) is 10.6. The molecule has 0 heteroatoms. The van der Waals surface area contributed by atoms with Gasteiger partial charge in [0.05, 0.1) is 5.41 Å². The quantitative estimate of drug-likeness (QED) is 0.169. The van der Waals surface area contributed by atoms with Crippen molar-refractivity contribution in [3.8, 4) is 22.3 Å². The molecule has 6 aliphatic rings. The molecule has 0 amide bonds. The van der Waals surface area contributed by atoms with Crippen LogP contribution >= 0.6 is 0 Å². The molecule has 0 bridgehead atoms. The molecule has 0 unspecified atom stereocenters. The third-order valence-corrected chi connectivity index (χ3v) is 13.9. The monoisotopic (exact) mass is 740 g/mol. The Labute approximate surface area is 341 Å². The van der Waals surface area contributed by atoms with E-state index in [9.17, 15) is 0 Å². The van der Waals surface area contributed by atoms with E-state index in [1.807, 2.05) is 0 Å². The normalized spacial score (nSPS) is 19.1. The summed E-state index contributed by atoms with van der Waals surface area (Å²) in [7, 11) is 0. The molecule has 0 heterocycles. The van der Waals surface area contributed by atoms with Crippen molar-refractivity contribution in [3.63, 3.8) is 0 Å². The summed E-state index contributed by atoms with van der Waals surface area (Å²) in [5.74, 6) is 0. The highest BCUT2D eigenvalue weighted by molar-refractivity contribution is 5.97.